The third-order valence-corrected chi connectivity index (χ3v) is 17.6. The van der Waals surface area contributed by atoms with E-state index in [-0.39, 0.29) is 42.0 Å². The zero-order chi connectivity index (χ0) is 26.2. The van der Waals surface area contributed by atoms with Gasteiger partial charge in [0.25, 0.3) is 0 Å². The predicted octanol–water partition coefficient (Wildman–Crippen LogP) is 5.73. The normalized spacial score (nSPS) is 25.2. The van der Waals surface area contributed by atoms with Crippen LogP contribution in [0, 0.1) is 5.92 Å². The minimum absolute atomic E-state index is 0.103. The van der Waals surface area contributed by atoms with Crippen molar-refractivity contribution in [2.45, 2.75) is 141 Å². The number of hydrogen-bond donors (Lipinski definition) is 2. The van der Waals surface area contributed by atoms with Crippen molar-refractivity contribution in [1.82, 2.24) is 0 Å². The van der Waals surface area contributed by atoms with Crippen LogP contribution in [0.4, 0.5) is 0 Å². The van der Waals surface area contributed by atoms with Crippen molar-refractivity contribution in [1.29, 1.82) is 0 Å². The number of ether oxygens (including phenoxy) is 2. The molecule has 6 atom stereocenters. The SMILES string of the molecule is CCC(O[C@H]1CO[C@@H]([C@@H](C)CCO)[C@@H](O)C1)C(CO[Si](C)(C)C(C)(C)C)O[Si](CC)(CC)CC. The lowest BCUT2D eigenvalue weighted by Gasteiger charge is -2.43. The Morgan fingerprint density at radius 1 is 1.03 bits per heavy atom. The van der Waals surface area contributed by atoms with Crippen LogP contribution >= 0.6 is 0 Å². The van der Waals surface area contributed by atoms with Gasteiger partial charge in [-0.2, -0.15) is 0 Å². The summed E-state index contributed by atoms with van der Waals surface area (Å²) >= 11 is 0. The Labute approximate surface area is 212 Å². The van der Waals surface area contributed by atoms with Gasteiger partial charge in [-0.15, -0.1) is 0 Å². The molecular formula is C26H56O6Si2. The molecule has 1 aliphatic heterocycles. The Morgan fingerprint density at radius 2 is 1.62 bits per heavy atom. The summed E-state index contributed by atoms with van der Waals surface area (Å²) in [5, 5.41) is 20.1. The molecule has 1 rings (SSSR count). The van der Waals surface area contributed by atoms with E-state index in [0.29, 0.717) is 26.1 Å². The molecule has 0 aromatic rings. The van der Waals surface area contributed by atoms with Crippen molar-refractivity contribution >= 4 is 16.6 Å². The van der Waals surface area contributed by atoms with Crippen LogP contribution in [0.1, 0.15) is 74.7 Å². The summed E-state index contributed by atoms with van der Waals surface area (Å²) < 4.78 is 26.3. The third-order valence-electron chi connectivity index (χ3n) is 8.44. The van der Waals surface area contributed by atoms with Crippen molar-refractivity contribution in [2.24, 2.45) is 5.92 Å². The Morgan fingerprint density at radius 3 is 2.06 bits per heavy atom. The first-order chi connectivity index (χ1) is 15.8. The van der Waals surface area contributed by atoms with E-state index in [1.807, 2.05) is 6.92 Å². The van der Waals surface area contributed by atoms with Crippen molar-refractivity contribution in [3.8, 4) is 0 Å². The fraction of sp³-hybridized carbons (Fsp3) is 1.00. The summed E-state index contributed by atoms with van der Waals surface area (Å²) in [5.74, 6) is 0.113. The molecule has 0 aliphatic carbocycles. The molecule has 1 heterocycles. The molecule has 0 aromatic heterocycles. The van der Waals surface area contributed by atoms with Crippen LogP contribution in [0.2, 0.25) is 36.3 Å². The lowest BCUT2D eigenvalue weighted by molar-refractivity contribution is -0.182. The highest BCUT2D eigenvalue weighted by molar-refractivity contribution is 6.74. The number of hydrogen-bond acceptors (Lipinski definition) is 6. The molecule has 1 saturated heterocycles. The van der Waals surface area contributed by atoms with E-state index < -0.39 is 22.7 Å². The minimum atomic E-state index is -1.93. The van der Waals surface area contributed by atoms with Gasteiger partial charge in [-0.3, -0.25) is 0 Å². The third kappa shape index (κ3) is 8.94. The van der Waals surface area contributed by atoms with E-state index in [9.17, 15) is 10.2 Å². The van der Waals surface area contributed by atoms with Crippen LogP contribution in [0.3, 0.4) is 0 Å². The molecule has 0 radical (unpaired) electrons. The van der Waals surface area contributed by atoms with Gasteiger partial charge in [0.2, 0.25) is 0 Å². The summed E-state index contributed by atoms with van der Waals surface area (Å²) in [5.41, 5.74) is 0. The maximum absolute atomic E-state index is 10.7. The summed E-state index contributed by atoms with van der Waals surface area (Å²) in [7, 11) is -3.80. The van der Waals surface area contributed by atoms with Crippen molar-refractivity contribution in [2.75, 3.05) is 19.8 Å². The zero-order valence-electron chi connectivity index (χ0n) is 23.9. The van der Waals surface area contributed by atoms with Crippen LogP contribution in [-0.4, -0.2) is 77.2 Å². The number of rotatable bonds is 15. The Kier molecular flexibility index (Phi) is 13.5. The van der Waals surface area contributed by atoms with Gasteiger partial charge in [0.05, 0.1) is 43.7 Å². The van der Waals surface area contributed by atoms with Crippen LogP contribution in [0.25, 0.3) is 0 Å². The van der Waals surface area contributed by atoms with E-state index in [0.717, 1.165) is 24.6 Å². The minimum Gasteiger partial charge on any atom is -0.414 e. The summed E-state index contributed by atoms with van der Waals surface area (Å²) in [4.78, 5) is 0. The van der Waals surface area contributed by atoms with E-state index in [2.05, 4.69) is 61.6 Å². The fourth-order valence-electron chi connectivity index (χ4n) is 4.55. The van der Waals surface area contributed by atoms with E-state index >= 15 is 0 Å². The smallest absolute Gasteiger partial charge is 0.192 e. The zero-order valence-corrected chi connectivity index (χ0v) is 25.9. The summed E-state index contributed by atoms with van der Waals surface area (Å²) in [6.07, 6.45) is 0.773. The molecular weight excluding hydrogens is 464 g/mol. The Hall–Kier alpha value is 0.194. The van der Waals surface area contributed by atoms with E-state index in [1.54, 1.807) is 0 Å². The van der Waals surface area contributed by atoms with E-state index in [1.165, 1.54) is 0 Å². The largest absolute Gasteiger partial charge is 0.414 e. The molecule has 2 unspecified atom stereocenters. The van der Waals surface area contributed by atoms with Crippen LogP contribution in [-0.2, 0) is 18.3 Å². The molecule has 2 N–H and O–H groups in total. The Bertz CT molecular complexity index is 556. The average molecular weight is 521 g/mol. The topological polar surface area (TPSA) is 77.4 Å². The molecule has 34 heavy (non-hydrogen) atoms. The maximum atomic E-state index is 10.7. The van der Waals surface area contributed by atoms with Crippen LogP contribution in [0.15, 0.2) is 0 Å². The van der Waals surface area contributed by atoms with Gasteiger partial charge < -0.3 is 28.5 Å². The molecule has 0 amide bonds. The lowest BCUT2D eigenvalue weighted by atomic mass is 9.91. The molecule has 204 valence electrons. The summed E-state index contributed by atoms with van der Waals surface area (Å²) in [6, 6.07) is 3.26. The van der Waals surface area contributed by atoms with Gasteiger partial charge in [-0.05, 0) is 55.0 Å². The molecule has 0 bridgehead atoms. The second kappa shape index (κ2) is 14.2. The van der Waals surface area contributed by atoms with Gasteiger partial charge in [0.1, 0.15) is 0 Å². The maximum Gasteiger partial charge on any atom is 0.192 e. The molecule has 6 nitrogen and oxygen atoms in total. The van der Waals surface area contributed by atoms with Gasteiger partial charge in [0.15, 0.2) is 16.6 Å². The lowest BCUT2D eigenvalue weighted by Crippen LogP contribution is -2.52. The van der Waals surface area contributed by atoms with Gasteiger partial charge in [0, 0.05) is 13.0 Å². The Balaban J connectivity index is 2.99. The second-order valence-electron chi connectivity index (χ2n) is 11.8. The number of aliphatic hydroxyl groups excluding tert-OH is 2. The number of aliphatic hydroxyl groups is 2. The quantitative estimate of drug-likeness (QED) is 0.269. The molecule has 8 heteroatoms. The van der Waals surface area contributed by atoms with Crippen LogP contribution in [0.5, 0.6) is 0 Å². The van der Waals surface area contributed by atoms with Gasteiger partial charge in [-0.25, -0.2) is 0 Å². The fourth-order valence-corrected chi connectivity index (χ4v) is 8.42. The van der Waals surface area contributed by atoms with Crippen molar-refractivity contribution < 1.29 is 28.5 Å². The molecule has 1 fully saturated rings. The highest BCUT2D eigenvalue weighted by Gasteiger charge is 2.42. The second-order valence-corrected chi connectivity index (χ2v) is 21.3. The van der Waals surface area contributed by atoms with Crippen molar-refractivity contribution in [3.63, 3.8) is 0 Å². The highest BCUT2D eigenvalue weighted by atomic mass is 28.4. The first-order valence-electron chi connectivity index (χ1n) is 13.7. The first kappa shape index (κ1) is 32.2. The van der Waals surface area contributed by atoms with E-state index in [4.69, 9.17) is 18.3 Å². The highest BCUT2D eigenvalue weighted by Crippen LogP contribution is 2.37. The standard InChI is InChI=1S/C26H56O6Si2/c1-11-23(31-21-17-22(28)25(29-18-21)20(5)15-16-27)24(32-34(12-2,13-3)14-4)19-30-33(9,10)26(6,7)8/h20-25,27-28H,11-19H2,1-10H3/t20-,21+,22-,23?,24?,25-/m0/s1. The molecule has 1 aliphatic rings. The summed E-state index contributed by atoms with van der Waals surface area (Å²) in [6.45, 7) is 23.4. The monoisotopic (exact) mass is 520 g/mol. The van der Waals surface area contributed by atoms with Crippen LogP contribution < -0.4 is 0 Å². The molecule has 0 aromatic carbocycles. The molecule has 0 saturated carbocycles. The van der Waals surface area contributed by atoms with Crippen molar-refractivity contribution in [3.05, 3.63) is 0 Å². The molecule has 0 spiro atoms. The first-order valence-corrected chi connectivity index (χ1v) is 19.1. The van der Waals surface area contributed by atoms with Gasteiger partial charge in [-0.1, -0.05) is 55.4 Å². The average Bonchev–Trinajstić information content (AvgIpc) is 2.78. The van der Waals surface area contributed by atoms with Gasteiger partial charge >= 0.3 is 0 Å². The predicted molar refractivity (Wildman–Crippen MR) is 145 cm³/mol.